The van der Waals surface area contributed by atoms with Gasteiger partial charge in [0.25, 0.3) is 0 Å². The number of aryl methyl sites for hydroxylation is 2. The molecule has 0 aliphatic rings. The van der Waals surface area contributed by atoms with Crippen molar-refractivity contribution in [3.05, 3.63) is 75.6 Å². The Labute approximate surface area is 178 Å². The lowest BCUT2D eigenvalue weighted by molar-refractivity contribution is -0.121. The third kappa shape index (κ3) is 5.22. The highest BCUT2D eigenvalue weighted by Crippen LogP contribution is 2.29. The molecular formula is C23H22N2O2S2. The predicted octanol–water partition coefficient (Wildman–Crippen LogP) is 5.73. The highest BCUT2D eigenvalue weighted by Gasteiger charge is 2.09. The Bertz CT molecular complexity index is 1080. The molecule has 0 unspecified atom stereocenters. The number of benzene rings is 1. The fraction of sp³-hybridized carbons (Fsp3) is 0.217. The standard InChI is InChI=1S/C23H22N2O2S2/c1-16-25-20(15-28-16)22-11-9-19(29-22)13-14-24-23(26)12-8-18-7-10-21(27-18)17-5-3-2-4-6-17/h2-7,9-11,15H,8,12-14H2,1H3,(H,24,26). The zero-order valence-corrected chi connectivity index (χ0v) is 17.8. The summed E-state index contributed by atoms with van der Waals surface area (Å²) in [6.07, 6.45) is 1.86. The summed E-state index contributed by atoms with van der Waals surface area (Å²) < 4.78 is 5.86. The van der Waals surface area contributed by atoms with Crippen LogP contribution in [0.3, 0.4) is 0 Å². The Kier molecular flexibility index (Phi) is 6.22. The van der Waals surface area contributed by atoms with Crippen molar-refractivity contribution in [3.8, 4) is 21.9 Å². The number of hydrogen-bond acceptors (Lipinski definition) is 5. The van der Waals surface area contributed by atoms with E-state index in [-0.39, 0.29) is 5.91 Å². The van der Waals surface area contributed by atoms with Gasteiger partial charge in [-0.3, -0.25) is 4.79 Å². The van der Waals surface area contributed by atoms with Gasteiger partial charge in [0.1, 0.15) is 11.5 Å². The molecule has 3 heterocycles. The summed E-state index contributed by atoms with van der Waals surface area (Å²) in [5.41, 5.74) is 2.09. The van der Waals surface area contributed by atoms with Crippen LogP contribution in [0.25, 0.3) is 21.9 Å². The van der Waals surface area contributed by atoms with Crippen molar-refractivity contribution in [2.75, 3.05) is 6.54 Å². The average molecular weight is 423 g/mol. The molecule has 1 N–H and O–H groups in total. The van der Waals surface area contributed by atoms with Crippen LogP contribution in [0.1, 0.15) is 22.1 Å². The normalized spacial score (nSPS) is 10.9. The van der Waals surface area contributed by atoms with Crippen LogP contribution in [0.5, 0.6) is 0 Å². The van der Waals surface area contributed by atoms with Gasteiger partial charge in [-0.05, 0) is 37.6 Å². The Balaban J connectivity index is 1.21. The van der Waals surface area contributed by atoms with Crippen molar-refractivity contribution in [1.82, 2.24) is 10.3 Å². The van der Waals surface area contributed by atoms with E-state index in [9.17, 15) is 4.79 Å². The lowest BCUT2D eigenvalue weighted by Gasteiger charge is -2.03. The SMILES string of the molecule is Cc1nc(-c2ccc(CCNC(=O)CCc3ccc(-c4ccccc4)o3)s2)cs1. The summed E-state index contributed by atoms with van der Waals surface area (Å²) in [4.78, 5) is 19.1. The van der Waals surface area contributed by atoms with Crippen molar-refractivity contribution in [2.24, 2.45) is 0 Å². The van der Waals surface area contributed by atoms with E-state index >= 15 is 0 Å². The maximum absolute atomic E-state index is 12.2. The molecule has 3 aromatic heterocycles. The minimum absolute atomic E-state index is 0.0505. The summed E-state index contributed by atoms with van der Waals surface area (Å²) >= 11 is 3.40. The van der Waals surface area contributed by atoms with Gasteiger partial charge in [-0.25, -0.2) is 4.98 Å². The summed E-state index contributed by atoms with van der Waals surface area (Å²) in [6.45, 7) is 2.66. The van der Waals surface area contributed by atoms with Gasteiger partial charge in [-0.2, -0.15) is 0 Å². The molecular weight excluding hydrogens is 400 g/mol. The van der Waals surface area contributed by atoms with Crippen LogP contribution < -0.4 is 5.32 Å². The number of amides is 1. The van der Waals surface area contributed by atoms with Gasteiger partial charge in [0.05, 0.1) is 15.6 Å². The number of furan rings is 1. The second kappa shape index (κ2) is 9.20. The van der Waals surface area contributed by atoms with Gasteiger partial charge in [0, 0.05) is 35.2 Å². The first kappa shape index (κ1) is 19.6. The zero-order chi connectivity index (χ0) is 20.1. The molecule has 0 fully saturated rings. The highest BCUT2D eigenvalue weighted by atomic mass is 32.1. The molecule has 6 heteroatoms. The largest absolute Gasteiger partial charge is 0.461 e. The molecule has 0 aliphatic heterocycles. The van der Waals surface area contributed by atoms with E-state index in [4.69, 9.17) is 4.42 Å². The van der Waals surface area contributed by atoms with E-state index in [1.807, 2.05) is 49.4 Å². The smallest absolute Gasteiger partial charge is 0.220 e. The summed E-state index contributed by atoms with van der Waals surface area (Å²) in [5, 5.41) is 6.17. The Morgan fingerprint density at radius 1 is 1.07 bits per heavy atom. The van der Waals surface area contributed by atoms with Crippen molar-refractivity contribution >= 4 is 28.6 Å². The minimum atomic E-state index is 0.0505. The second-order valence-electron chi connectivity index (χ2n) is 6.75. The maximum atomic E-state index is 12.2. The van der Waals surface area contributed by atoms with Crippen LogP contribution in [0.2, 0.25) is 0 Å². The second-order valence-corrected chi connectivity index (χ2v) is 8.98. The first-order valence-corrected chi connectivity index (χ1v) is 11.3. The van der Waals surface area contributed by atoms with Gasteiger partial charge in [-0.15, -0.1) is 22.7 Å². The molecule has 1 aromatic carbocycles. The average Bonchev–Trinajstić information content (AvgIpc) is 3.48. The van der Waals surface area contributed by atoms with E-state index in [1.54, 1.807) is 22.7 Å². The number of carbonyl (C=O) groups excluding carboxylic acids is 1. The molecule has 148 valence electrons. The molecule has 0 atom stereocenters. The third-order valence-electron chi connectivity index (χ3n) is 4.55. The number of thiazole rings is 1. The van der Waals surface area contributed by atoms with Crippen LogP contribution in [-0.4, -0.2) is 17.4 Å². The topological polar surface area (TPSA) is 55.1 Å². The molecule has 0 radical (unpaired) electrons. The van der Waals surface area contributed by atoms with Crippen LogP contribution in [-0.2, 0) is 17.6 Å². The van der Waals surface area contributed by atoms with E-state index in [1.165, 1.54) is 9.75 Å². The van der Waals surface area contributed by atoms with Crippen LogP contribution in [0, 0.1) is 6.92 Å². The van der Waals surface area contributed by atoms with Gasteiger partial charge in [-0.1, -0.05) is 30.3 Å². The number of hydrogen-bond donors (Lipinski definition) is 1. The number of nitrogens with one attached hydrogen (secondary N) is 1. The molecule has 0 bridgehead atoms. The van der Waals surface area contributed by atoms with E-state index in [2.05, 4.69) is 27.8 Å². The number of thiophene rings is 1. The van der Waals surface area contributed by atoms with Crippen LogP contribution in [0.15, 0.2) is 64.4 Å². The van der Waals surface area contributed by atoms with E-state index in [0.717, 1.165) is 34.2 Å². The molecule has 1 amide bonds. The van der Waals surface area contributed by atoms with Crippen LogP contribution in [0.4, 0.5) is 0 Å². The lowest BCUT2D eigenvalue weighted by Crippen LogP contribution is -2.25. The first-order chi connectivity index (χ1) is 14.2. The number of aromatic nitrogens is 1. The van der Waals surface area contributed by atoms with Crippen molar-refractivity contribution in [3.63, 3.8) is 0 Å². The van der Waals surface area contributed by atoms with Gasteiger partial charge in [0.2, 0.25) is 5.91 Å². The van der Waals surface area contributed by atoms with Crippen molar-refractivity contribution in [1.29, 1.82) is 0 Å². The van der Waals surface area contributed by atoms with Crippen LogP contribution >= 0.6 is 22.7 Å². The van der Waals surface area contributed by atoms with E-state index in [0.29, 0.717) is 19.4 Å². The predicted molar refractivity (Wildman–Crippen MR) is 119 cm³/mol. The summed E-state index contributed by atoms with van der Waals surface area (Å²) in [7, 11) is 0. The molecule has 29 heavy (non-hydrogen) atoms. The number of rotatable bonds is 8. The van der Waals surface area contributed by atoms with Crippen molar-refractivity contribution < 1.29 is 9.21 Å². The summed E-state index contributed by atoms with van der Waals surface area (Å²) in [6, 6.07) is 18.1. The third-order valence-corrected chi connectivity index (χ3v) is 6.49. The number of carbonyl (C=O) groups is 1. The molecule has 0 saturated carbocycles. The zero-order valence-electron chi connectivity index (χ0n) is 16.2. The van der Waals surface area contributed by atoms with Crippen molar-refractivity contribution in [2.45, 2.75) is 26.2 Å². The molecule has 4 aromatic rings. The Morgan fingerprint density at radius 3 is 2.72 bits per heavy atom. The lowest BCUT2D eigenvalue weighted by atomic mass is 10.2. The Morgan fingerprint density at radius 2 is 1.93 bits per heavy atom. The number of nitrogens with zero attached hydrogens (tertiary/aromatic N) is 1. The fourth-order valence-electron chi connectivity index (χ4n) is 3.05. The molecule has 4 nitrogen and oxygen atoms in total. The molecule has 4 rings (SSSR count). The monoisotopic (exact) mass is 422 g/mol. The Hall–Kier alpha value is -2.70. The van der Waals surface area contributed by atoms with Gasteiger partial charge in [0.15, 0.2) is 0 Å². The molecule has 0 spiro atoms. The molecule has 0 aliphatic carbocycles. The van der Waals surface area contributed by atoms with Gasteiger partial charge >= 0.3 is 0 Å². The summed E-state index contributed by atoms with van der Waals surface area (Å²) in [5.74, 6) is 1.72. The first-order valence-electron chi connectivity index (χ1n) is 9.59. The van der Waals surface area contributed by atoms with E-state index < -0.39 is 0 Å². The van der Waals surface area contributed by atoms with Gasteiger partial charge < -0.3 is 9.73 Å². The maximum Gasteiger partial charge on any atom is 0.220 e. The highest BCUT2D eigenvalue weighted by molar-refractivity contribution is 7.16. The minimum Gasteiger partial charge on any atom is -0.461 e. The fourth-order valence-corrected chi connectivity index (χ4v) is 4.70. The molecule has 0 saturated heterocycles. The quantitative estimate of drug-likeness (QED) is 0.394.